The summed E-state index contributed by atoms with van der Waals surface area (Å²) in [7, 11) is -2.20. The predicted molar refractivity (Wildman–Crippen MR) is 63.0 cm³/mol. The molecule has 0 fully saturated rings. The number of hydrogen-bond acceptors (Lipinski definition) is 3. The van der Waals surface area contributed by atoms with Crippen LogP contribution >= 0.6 is 8.03 Å². The van der Waals surface area contributed by atoms with Gasteiger partial charge in [0.1, 0.15) is 0 Å². The van der Waals surface area contributed by atoms with Crippen LogP contribution in [0.2, 0.25) is 0 Å². The molecule has 1 aromatic rings. The number of amides is 1. The molecule has 5 nitrogen and oxygen atoms in total. The highest BCUT2D eigenvalue weighted by Gasteiger charge is 2.14. The molecule has 92 valence electrons. The highest BCUT2D eigenvalue weighted by atomic mass is 31.1. The molecule has 1 atom stereocenters. The molecule has 0 radical (unpaired) electrons. The second-order valence-corrected chi connectivity index (χ2v) is 4.76. The van der Waals surface area contributed by atoms with Crippen LogP contribution in [0.3, 0.4) is 0 Å². The summed E-state index contributed by atoms with van der Waals surface area (Å²) in [4.78, 5) is 20.1. The Morgan fingerprint density at radius 1 is 1.29 bits per heavy atom. The van der Waals surface area contributed by atoms with Gasteiger partial charge >= 0.3 is 8.03 Å². The molecule has 0 aliphatic heterocycles. The second-order valence-electron chi connectivity index (χ2n) is 3.61. The number of benzene rings is 1. The third kappa shape index (κ3) is 5.54. The topological polar surface area (TPSA) is 77.8 Å². The van der Waals surface area contributed by atoms with E-state index in [0.29, 0.717) is 11.5 Å². The number of hydroxylamine groups is 2. The highest BCUT2D eigenvalue weighted by Crippen LogP contribution is 2.13. The highest BCUT2D eigenvalue weighted by molar-refractivity contribution is 7.37. The van der Waals surface area contributed by atoms with Crippen LogP contribution in [0.1, 0.15) is 12.0 Å². The van der Waals surface area contributed by atoms with Gasteiger partial charge in [-0.05, 0) is 10.1 Å². The first-order valence-electron chi connectivity index (χ1n) is 5.26. The van der Waals surface area contributed by atoms with Crippen molar-refractivity contribution in [2.45, 2.75) is 12.8 Å². The summed E-state index contributed by atoms with van der Waals surface area (Å²) in [5, 5.41) is 10.0. The lowest BCUT2D eigenvalue weighted by molar-refractivity contribution is -0.164. The van der Waals surface area contributed by atoms with E-state index in [1.54, 1.807) is 12.1 Å². The normalized spacial score (nSPS) is 11.1. The van der Waals surface area contributed by atoms with Gasteiger partial charge in [0.05, 0.1) is 13.0 Å². The summed E-state index contributed by atoms with van der Waals surface area (Å²) in [5.74, 6) is -0.413. The van der Waals surface area contributed by atoms with E-state index in [2.05, 4.69) is 0 Å². The molecule has 0 aliphatic rings. The third-order valence-electron chi connectivity index (χ3n) is 2.21. The summed E-state index contributed by atoms with van der Waals surface area (Å²) in [6, 6.07) is 9.09. The maximum atomic E-state index is 11.5. The van der Waals surface area contributed by atoms with E-state index >= 15 is 0 Å². The molecule has 17 heavy (non-hydrogen) atoms. The SMILES string of the molecule is O=C(Cc1ccccc1)N(O)CCC[P+](=O)O. The Labute approximate surface area is 101 Å². The maximum absolute atomic E-state index is 11.5. The first-order chi connectivity index (χ1) is 8.09. The van der Waals surface area contributed by atoms with E-state index < -0.39 is 13.9 Å². The molecular weight excluding hydrogens is 241 g/mol. The summed E-state index contributed by atoms with van der Waals surface area (Å²) in [5.41, 5.74) is 0.824. The molecule has 0 heterocycles. The van der Waals surface area contributed by atoms with E-state index in [-0.39, 0.29) is 19.1 Å². The lowest BCUT2D eigenvalue weighted by Crippen LogP contribution is -2.30. The molecule has 0 spiro atoms. The molecule has 2 N–H and O–H groups in total. The average Bonchev–Trinajstić information content (AvgIpc) is 2.29. The van der Waals surface area contributed by atoms with Crippen LogP contribution in [0.25, 0.3) is 0 Å². The summed E-state index contributed by atoms with van der Waals surface area (Å²) in [6.07, 6.45) is 0.524. The van der Waals surface area contributed by atoms with Crippen molar-refractivity contribution in [2.24, 2.45) is 0 Å². The average molecular weight is 256 g/mol. The summed E-state index contributed by atoms with van der Waals surface area (Å²) in [6.45, 7) is 0.0767. The van der Waals surface area contributed by atoms with E-state index in [9.17, 15) is 14.6 Å². The zero-order chi connectivity index (χ0) is 12.7. The van der Waals surface area contributed by atoms with E-state index in [0.717, 1.165) is 5.56 Å². The fourth-order valence-electron chi connectivity index (χ4n) is 1.34. The largest absolute Gasteiger partial charge is 0.505 e. The molecule has 1 aromatic carbocycles. The fraction of sp³-hybridized carbons (Fsp3) is 0.364. The van der Waals surface area contributed by atoms with Crippen LogP contribution in [-0.2, 0) is 15.8 Å². The van der Waals surface area contributed by atoms with Gasteiger partial charge in [0.15, 0.2) is 6.16 Å². The molecule has 0 aromatic heterocycles. The number of hydrogen-bond donors (Lipinski definition) is 2. The van der Waals surface area contributed by atoms with Gasteiger partial charge in [-0.25, -0.2) is 5.06 Å². The molecule has 0 saturated heterocycles. The van der Waals surface area contributed by atoms with Crippen molar-refractivity contribution < 1.29 is 19.5 Å². The lowest BCUT2D eigenvalue weighted by Gasteiger charge is -2.13. The summed E-state index contributed by atoms with van der Waals surface area (Å²) >= 11 is 0. The Morgan fingerprint density at radius 3 is 2.53 bits per heavy atom. The van der Waals surface area contributed by atoms with Gasteiger partial charge in [-0.15, -0.1) is 0 Å². The van der Waals surface area contributed by atoms with E-state index in [1.165, 1.54) is 0 Å². The Kier molecular flexibility index (Phi) is 5.77. The molecule has 0 bridgehead atoms. The third-order valence-corrected chi connectivity index (χ3v) is 2.90. The molecule has 0 saturated carbocycles. The number of carbonyl (C=O) groups excluding carboxylic acids is 1. The molecule has 6 heteroatoms. The molecule has 1 amide bonds. The van der Waals surface area contributed by atoms with Crippen molar-refractivity contribution in [1.29, 1.82) is 0 Å². The van der Waals surface area contributed by atoms with Crippen LogP contribution < -0.4 is 0 Å². The van der Waals surface area contributed by atoms with Crippen molar-refractivity contribution in [2.75, 3.05) is 12.7 Å². The van der Waals surface area contributed by atoms with Crippen LogP contribution in [0.15, 0.2) is 30.3 Å². The van der Waals surface area contributed by atoms with Gasteiger partial charge in [-0.2, -0.15) is 4.89 Å². The van der Waals surface area contributed by atoms with Crippen molar-refractivity contribution >= 4 is 13.9 Å². The minimum absolute atomic E-state index is 0.0767. The second kappa shape index (κ2) is 7.12. The smallest absolute Gasteiger partial charge is 0.286 e. The predicted octanol–water partition coefficient (Wildman–Crippen LogP) is 1.57. The Balaban J connectivity index is 2.34. The number of carbonyl (C=O) groups is 1. The number of nitrogens with zero attached hydrogens (tertiary/aromatic N) is 1. The van der Waals surface area contributed by atoms with Crippen molar-refractivity contribution in [3.63, 3.8) is 0 Å². The van der Waals surface area contributed by atoms with Gasteiger partial charge in [-0.3, -0.25) is 10.0 Å². The first kappa shape index (κ1) is 13.8. The Morgan fingerprint density at radius 2 is 1.94 bits per heavy atom. The Hall–Kier alpha value is -1.29. The number of rotatable bonds is 6. The zero-order valence-electron chi connectivity index (χ0n) is 9.32. The fourth-order valence-corrected chi connectivity index (χ4v) is 1.75. The van der Waals surface area contributed by atoms with Crippen LogP contribution in [0.5, 0.6) is 0 Å². The van der Waals surface area contributed by atoms with Gasteiger partial charge in [0.25, 0.3) is 0 Å². The first-order valence-corrected chi connectivity index (χ1v) is 6.66. The van der Waals surface area contributed by atoms with Gasteiger partial charge in [0, 0.05) is 6.42 Å². The maximum Gasteiger partial charge on any atom is 0.505 e. The molecule has 0 aliphatic carbocycles. The van der Waals surface area contributed by atoms with Crippen LogP contribution in [-0.4, -0.2) is 33.8 Å². The van der Waals surface area contributed by atoms with Crippen molar-refractivity contribution in [1.82, 2.24) is 5.06 Å². The van der Waals surface area contributed by atoms with Gasteiger partial charge < -0.3 is 0 Å². The minimum atomic E-state index is -2.20. The van der Waals surface area contributed by atoms with E-state index in [1.807, 2.05) is 18.2 Å². The molecular formula is C11H15NO4P+. The van der Waals surface area contributed by atoms with Gasteiger partial charge in [-0.1, -0.05) is 30.3 Å². The minimum Gasteiger partial charge on any atom is -0.286 e. The molecule has 1 rings (SSSR count). The van der Waals surface area contributed by atoms with Crippen LogP contribution in [0.4, 0.5) is 0 Å². The van der Waals surface area contributed by atoms with E-state index in [4.69, 9.17) is 4.89 Å². The monoisotopic (exact) mass is 256 g/mol. The zero-order valence-corrected chi connectivity index (χ0v) is 10.2. The van der Waals surface area contributed by atoms with Crippen molar-refractivity contribution in [3.05, 3.63) is 35.9 Å². The van der Waals surface area contributed by atoms with Crippen LogP contribution in [0, 0.1) is 0 Å². The molecule has 1 unspecified atom stereocenters. The lowest BCUT2D eigenvalue weighted by atomic mass is 10.1. The summed E-state index contributed by atoms with van der Waals surface area (Å²) < 4.78 is 10.4. The van der Waals surface area contributed by atoms with Gasteiger partial charge in [0.2, 0.25) is 5.91 Å². The quantitative estimate of drug-likeness (QED) is 0.460. The van der Waals surface area contributed by atoms with Crippen molar-refractivity contribution in [3.8, 4) is 0 Å². The standard InChI is InChI=1S/C11H14NO4P/c13-11(9-10-5-2-1-3-6-10)12(14)7-4-8-17(15)16/h1-3,5-6,14H,4,7-9H2/p+1. The Bertz CT molecular complexity index is 382.